The number of imide groups is 1. The summed E-state index contributed by atoms with van der Waals surface area (Å²) in [6.45, 7) is 2.86. The van der Waals surface area contributed by atoms with Gasteiger partial charge < -0.3 is 15.2 Å². The van der Waals surface area contributed by atoms with Crippen LogP contribution in [0.2, 0.25) is 0 Å². The second-order valence-electron chi connectivity index (χ2n) is 6.49. The molecule has 7 nitrogen and oxygen atoms in total. The predicted molar refractivity (Wildman–Crippen MR) is 99.9 cm³/mol. The number of aliphatic hydroxyl groups excluding tert-OH is 1. The van der Waals surface area contributed by atoms with Crippen LogP contribution in [0.1, 0.15) is 29.1 Å². The lowest BCUT2D eigenvalue weighted by molar-refractivity contribution is -0.132. The third-order valence-electron chi connectivity index (χ3n) is 4.39. The van der Waals surface area contributed by atoms with Gasteiger partial charge in [-0.3, -0.25) is 14.5 Å². The molecule has 1 aromatic carbocycles. The largest absolute Gasteiger partial charge is 0.491 e. The summed E-state index contributed by atoms with van der Waals surface area (Å²) in [5, 5.41) is 14.7. The van der Waals surface area contributed by atoms with Gasteiger partial charge in [-0.15, -0.1) is 11.3 Å². The van der Waals surface area contributed by atoms with Crippen LogP contribution in [-0.2, 0) is 10.3 Å². The van der Waals surface area contributed by atoms with Gasteiger partial charge >= 0.3 is 6.03 Å². The molecule has 8 heteroatoms. The minimum absolute atomic E-state index is 0.0473. The normalized spacial score (nSPS) is 20.5. The minimum atomic E-state index is -1.12. The number of amides is 3. The Bertz CT molecular complexity index is 849. The number of hydrogen-bond donors (Lipinski definition) is 2. The summed E-state index contributed by atoms with van der Waals surface area (Å²) in [6, 6.07) is 9.59. The number of nitrogens with one attached hydrogen (secondary N) is 1. The van der Waals surface area contributed by atoms with Crippen LogP contribution in [0.15, 0.2) is 41.8 Å². The molecule has 27 heavy (non-hydrogen) atoms. The lowest BCUT2D eigenvalue weighted by atomic mass is 10.0. The minimum Gasteiger partial charge on any atom is -0.491 e. The maximum atomic E-state index is 12.7. The summed E-state index contributed by atoms with van der Waals surface area (Å²) in [6.07, 6.45) is -1.04. The summed E-state index contributed by atoms with van der Waals surface area (Å²) < 4.78 is 5.48. The molecular formula is C19H20N2O5S. The molecule has 1 aliphatic heterocycles. The lowest BCUT2D eigenvalue weighted by Crippen LogP contribution is -2.42. The summed E-state index contributed by atoms with van der Waals surface area (Å²) >= 11 is 1.38. The summed E-state index contributed by atoms with van der Waals surface area (Å²) in [5.41, 5.74) is -0.552. The van der Waals surface area contributed by atoms with Crippen molar-refractivity contribution in [2.24, 2.45) is 0 Å². The fourth-order valence-electron chi connectivity index (χ4n) is 2.83. The van der Waals surface area contributed by atoms with E-state index in [0.29, 0.717) is 11.3 Å². The monoisotopic (exact) mass is 388 g/mol. The number of urea groups is 1. The number of benzene rings is 1. The number of ether oxygens (including phenoxy) is 1. The highest BCUT2D eigenvalue weighted by molar-refractivity contribution is 7.10. The van der Waals surface area contributed by atoms with Crippen LogP contribution in [0.25, 0.3) is 0 Å². The van der Waals surface area contributed by atoms with Crippen LogP contribution < -0.4 is 10.1 Å². The second-order valence-corrected chi connectivity index (χ2v) is 7.44. The highest BCUT2D eigenvalue weighted by Gasteiger charge is 2.49. The molecule has 2 atom stereocenters. The van der Waals surface area contributed by atoms with Gasteiger partial charge in [0.05, 0.1) is 6.54 Å². The Kier molecular flexibility index (Phi) is 5.29. The van der Waals surface area contributed by atoms with Gasteiger partial charge in [-0.2, -0.15) is 0 Å². The summed E-state index contributed by atoms with van der Waals surface area (Å²) in [5.74, 6) is 0.0356. The topological polar surface area (TPSA) is 95.9 Å². The first-order chi connectivity index (χ1) is 12.8. The first-order valence-electron chi connectivity index (χ1n) is 8.41. The molecule has 1 aliphatic rings. The predicted octanol–water partition coefficient (Wildman–Crippen LogP) is 2.16. The van der Waals surface area contributed by atoms with Crippen molar-refractivity contribution < 1.29 is 24.2 Å². The van der Waals surface area contributed by atoms with Crippen LogP contribution in [0, 0.1) is 0 Å². The number of nitrogens with zero attached hydrogens (tertiary/aromatic N) is 1. The van der Waals surface area contributed by atoms with Gasteiger partial charge in [-0.1, -0.05) is 6.07 Å². The van der Waals surface area contributed by atoms with Gasteiger partial charge in [0.25, 0.3) is 5.91 Å². The summed E-state index contributed by atoms with van der Waals surface area (Å²) in [7, 11) is 0. The Morgan fingerprint density at radius 3 is 2.59 bits per heavy atom. The Morgan fingerprint density at radius 2 is 2.00 bits per heavy atom. The average molecular weight is 388 g/mol. The Labute approximate surface area is 160 Å². The first kappa shape index (κ1) is 19.1. The van der Waals surface area contributed by atoms with E-state index in [4.69, 9.17) is 4.74 Å². The van der Waals surface area contributed by atoms with Crippen molar-refractivity contribution >= 4 is 29.1 Å². The number of rotatable bonds is 7. The number of aliphatic hydroxyl groups is 1. The molecule has 0 bridgehead atoms. The van der Waals surface area contributed by atoms with Gasteiger partial charge in [-0.05, 0) is 49.6 Å². The zero-order valence-electron chi connectivity index (χ0n) is 15.0. The maximum Gasteiger partial charge on any atom is 0.325 e. The zero-order chi connectivity index (χ0) is 19.6. The first-order valence-corrected chi connectivity index (χ1v) is 9.29. The standard InChI is InChI=1S/C19H20N2O5S/c1-12(22)13-5-7-15(8-6-13)26-11-14(23)10-21-17(24)19(2,20-18(21)25)16-4-3-9-27-16/h3-9,14,23H,10-11H2,1-2H3,(H,20,25)/t14-,19-/m1/s1. The van der Waals surface area contributed by atoms with Crippen LogP contribution in [-0.4, -0.2) is 47.0 Å². The number of β-amino-alcohol motifs (C(OH)–C–C–N with tert-alkyl or cyclic N) is 1. The molecule has 0 saturated carbocycles. The fraction of sp³-hybridized carbons (Fsp3) is 0.316. The fourth-order valence-corrected chi connectivity index (χ4v) is 3.67. The van der Waals surface area contributed by atoms with Crippen LogP contribution in [0.3, 0.4) is 0 Å². The number of hydrogen-bond acceptors (Lipinski definition) is 6. The van der Waals surface area contributed by atoms with Crippen molar-refractivity contribution in [2.75, 3.05) is 13.2 Å². The molecule has 1 aromatic heterocycles. The Hall–Kier alpha value is -2.71. The molecule has 2 aromatic rings. The van der Waals surface area contributed by atoms with Crippen molar-refractivity contribution in [3.05, 3.63) is 52.2 Å². The number of carbonyl (C=O) groups excluding carboxylic acids is 3. The number of carbonyl (C=O) groups is 3. The van der Waals surface area contributed by atoms with Gasteiger partial charge in [0.1, 0.15) is 18.5 Å². The highest BCUT2D eigenvalue weighted by Crippen LogP contribution is 2.31. The van der Waals surface area contributed by atoms with Crippen LogP contribution >= 0.6 is 11.3 Å². The SMILES string of the molecule is CC(=O)c1ccc(OC[C@H](O)CN2C(=O)N[C@](C)(c3cccs3)C2=O)cc1. The zero-order valence-corrected chi connectivity index (χ0v) is 15.8. The summed E-state index contributed by atoms with van der Waals surface area (Å²) in [4.78, 5) is 37.9. The van der Waals surface area contributed by atoms with Crippen LogP contribution in [0.4, 0.5) is 4.79 Å². The molecule has 0 unspecified atom stereocenters. The van der Waals surface area contributed by atoms with E-state index in [0.717, 1.165) is 9.78 Å². The molecule has 2 N–H and O–H groups in total. The molecule has 142 valence electrons. The second kappa shape index (κ2) is 7.50. The van der Waals surface area contributed by atoms with E-state index in [1.165, 1.54) is 18.3 Å². The Balaban J connectivity index is 1.59. The molecule has 0 radical (unpaired) electrons. The van der Waals surface area contributed by atoms with E-state index >= 15 is 0 Å². The van der Waals surface area contributed by atoms with Crippen LogP contribution in [0.5, 0.6) is 5.75 Å². The van der Waals surface area contributed by atoms with Crippen molar-refractivity contribution in [3.8, 4) is 5.75 Å². The van der Waals surface area contributed by atoms with E-state index in [1.807, 2.05) is 11.4 Å². The van der Waals surface area contributed by atoms with Crippen molar-refractivity contribution in [2.45, 2.75) is 25.5 Å². The van der Waals surface area contributed by atoms with Gasteiger partial charge in [0.2, 0.25) is 0 Å². The van der Waals surface area contributed by atoms with Gasteiger partial charge in [0.15, 0.2) is 11.3 Å². The van der Waals surface area contributed by atoms with Crippen molar-refractivity contribution in [1.29, 1.82) is 0 Å². The molecular weight excluding hydrogens is 368 g/mol. The van der Waals surface area contributed by atoms with E-state index in [-0.39, 0.29) is 18.9 Å². The molecule has 2 heterocycles. The molecule has 3 amide bonds. The molecule has 0 aliphatic carbocycles. The number of Topliss-reactive ketones (excluding diaryl/α,β-unsaturated/α-hetero) is 1. The number of thiophene rings is 1. The van der Waals surface area contributed by atoms with Gasteiger partial charge in [0, 0.05) is 10.4 Å². The molecule has 3 rings (SSSR count). The molecule has 1 fully saturated rings. The van der Waals surface area contributed by atoms with Gasteiger partial charge in [-0.25, -0.2) is 4.79 Å². The van der Waals surface area contributed by atoms with E-state index < -0.39 is 23.6 Å². The smallest absolute Gasteiger partial charge is 0.325 e. The van der Waals surface area contributed by atoms with Crippen molar-refractivity contribution in [1.82, 2.24) is 10.2 Å². The quantitative estimate of drug-likeness (QED) is 0.560. The third kappa shape index (κ3) is 3.86. The number of ketones is 1. The Morgan fingerprint density at radius 1 is 1.30 bits per heavy atom. The highest BCUT2D eigenvalue weighted by atomic mass is 32.1. The van der Waals surface area contributed by atoms with E-state index in [2.05, 4.69) is 5.32 Å². The lowest BCUT2D eigenvalue weighted by Gasteiger charge is -2.21. The van der Waals surface area contributed by atoms with E-state index in [1.54, 1.807) is 37.3 Å². The van der Waals surface area contributed by atoms with Crippen molar-refractivity contribution in [3.63, 3.8) is 0 Å². The molecule has 1 saturated heterocycles. The average Bonchev–Trinajstić information content (AvgIpc) is 3.25. The molecule has 0 spiro atoms. The third-order valence-corrected chi connectivity index (χ3v) is 5.48. The maximum absolute atomic E-state index is 12.7. The van der Waals surface area contributed by atoms with E-state index in [9.17, 15) is 19.5 Å².